The summed E-state index contributed by atoms with van der Waals surface area (Å²) in [5.41, 5.74) is 6.30. The van der Waals surface area contributed by atoms with Gasteiger partial charge in [-0.25, -0.2) is 0 Å². The van der Waals surface area contributed by atoms with Gasteiger partial charge in [0.2, 0.25) is 0 Å². The molecule has 3 nitrogen and oxygen atoms in total. The third-order valence-corrected chi connectivity index (χ3v) is 3.46. The number of hydrogen-bond donors (Lipinski definition) is 1. The Labute approximate surface area is 103 Å². The number of carbonyl (C=O) groups is 1. The Hall–Kier alpha value is -0.870. The number of carbonyl (C=O) groups excluding carboxylic acids is 1. The zero-order chi connectivity index (χ0) is 11.8. The van der Waals surface area contributed by atoms with E-state index in [2.05, 4.69) is 15.9 Å². The molecule has 0 radical (unpaired) electrons. The average molecular weight is 284 g/mol. The summed E-state index contributed by atoms with van der Waals surface area (Å²) in [6, 6.07) is 7.89. The summed E-state index contributed by atoms with van der Waals surface area (Å²) in [6.45, 7) is 2.17. The van der Waals surface area contributed by atoms with Crippen LogP contribution in [0.15, 0.2) is 28.7 Å². The standard InChI is InChI=1S/C12H14BrNO2/c1-2-16-11(15)12(14)7-10(12)8-3-5-9(13)6-4-8/h3-6,10H,2,7,14H2,1H3/t10-,12-/m0/s1. The summed E-state index contributed by atoms with van der Waals surface area (Å²) in [4.78, 5) is 11.6. The average Bonchev–Trinajstić information content (AvgIpc) is 2.94. The fourth-order valence-electron chi connectivity index (χ4n) is 1.88. The highest BCUT2D eigenvalue weighted by Gasteiger charge is 2.58. The maximum Gasteiger partial charge on any atom is 0.326 e. The van der Waals surface area contributed by atoms with Crippen molar-refractivity contribution >= 4 is 21.9 Å². The molecule has 0 saturated heterocycles. The Morgan fingerprint density at radius 1 is 1.56 bits per heavy atom. The molecule has 1 aromatic carbocycles. The smallest absolute Gasteiger partial charge is 0.326 e. The van der Waals surface area contributed by atoms with Gasteiger partial charge >= 0.3 is 5.97 Å². The first-order valence-corrected chi connectivity index (χ1v) is 6.09. The molecule has 0 aromatic heterocycles. The predicted octanol–water partition coefficient (Wildman–Crippen LogP) is 2.20. The number of halogens is 1. The molecule has 16 heavy (non-hydrogen) atoms. The van der Waals surface area contributed by atoms with Crippen molar-refractivity contribution in [2.24, 2.45) is 5.73 Å². The normalized spacial score (nSPS) is 27.6. The third kappa shape index (κ3) is 1.99. The van der Waals surface area contributed by atoms with E-state index in [1.165, 1.54) is 0 Å². The van der Waals surface area contributed by atoms with E-state index in [4.69, 9.17) is 10.5 Å². The number of nitrogens with two attached hydrogens (primary N) is 1. The molecule has 0 bridgehead atoms. The van der Waals surface area contributed by atoms with E-state index in [0.717, 1.165) is 10.0 Å². The van der Waals surface area contributed by atoms with E-state index in [9.17, 15) is 4.79 Å². The van der Waals surface area contributed by atoms with Gasteiger partial charge < -0.3 is 10.5 Å². The minimum absolute atomic E-state index is 0.0969. The quantitative estimate of drug-likeness (QED) is 0.866. The van der Waals surface area contributed by atoms with Crippen LogP contribution in [0.1, 0.15) is 24.8 Å². The molecule has 2 N–H and O–H groups in total. The van der Waals surface area contributed by atoms with Crippen LogP contribution in [-0.2, 0) is 9.53 Å². The van der Waals surface area contributed by atoms with Crippen LogP contribution < -0.4 is 5.73 Å². The summed E-state index contributed by atoms with van der Waals surface area (Å²) in [5, 5.41) is 0. The molecule has 1 saturated carbocycles. The van der Waals surface area contributed by atoms with Gasteiger partial charge in [-0.15, -0.1) is 0 Å². The molecule has 0 aliphatic heterocycles. The molecule has 1 aliphatic carbocycles. The van der Waals surface area contributed by atoms with Crippen molar-refractivity contribution in [2.75, 3.05) is 6.61 Å². The number of esters is 1. The Morgan fingerprint density at radius 2 is 2.19 bits per heavy atom. The Balaban J connectivity index is 2.10. The minimum atomic E-state index is -0.802. The first kappa shape index (κ1) is 11.6. The van der Waals surface area contributed by atoms with Gasteiger partial charge in [0.05, 0.1) is 6.61 Å². The van der Waals surface area contributed by atoms with Crippen LogP contribution in [0.25, 0.3) is 0 Å². The summed E-state index contributed by atoms with van der Waals surface area (Å²) < 4.78 is 5.99. The van der Waals surface area contributed by atoms with E-state index < -0.39 is 5.54 Å². The first-order valence-electron chi connectivity index (χ1n) is 5.29. The third-order valence-electron chi connectivity index (χ3n) is 2.93. The maximum absolute atomic E-state index is 11.6. The lowest BCUT2D eigenvalue weighted by molar-refractivity contribution is -0.145. The van der Waals surface area contributed by atoms with Gasteiger partial charge in [-0.05, 0) is 31.0 Å². The van der Waals surface area contributed by atoms with Gasteiger partial charge in [-0.1, -0.05) is 28.1 Å². The van der Waals surface area contributed by atoms with Crippen molar-refractivity contribution in [1.82, 2.24) is 0 Å². The van der Waals surface area contributed by atoms with E-state index in [1.807, 2.05) is 24.3 Å². The highest BCUT2D eigenvalue weighted by molar-refractivity contribution is 9.10. The number of benzene rings is 1. The van der Waals surface area contributed by atoms with Crippen LogP contribution >= 0.6 is 15.9 Å². The van der Waals surface area contributed by atoms with Crippen LogP contribution in [0, 0.1) is 0 Å². The molecule has 1 aliphatic rings. The Morgan fingerprint density at radius 3 is 2.75 bits per heavy atom. The Bertz CT molecular complexity index is 404. The number of rotatable bonds is 3. The number of hydrogen-bond acceptors (Lipinski definition) is 3. The molecule has 0 spiro atoms. The lowest BCUT2D eigenvalue weighted by Crippen LogP contribution is -2.36. The highest BCUT2D eigenvalue weighted by atomic mass is 79.9. The zero-order valence-corrected chi connectivity index (χ0v) is 10.7. The van der Waals surface area contributed by atoms with Crippen molar-refractivity contribution in [1.29, 1.82) is 0 Å². The van der Waals surface area contributed by atoms with E-state index >= 15 is 0 Å². The van der Waals surface area contributed by atoms with Crippen LogP contribution in [0.4, 0.5) is 0 Å². The van der Waals surface area contributed by atoms with Crippen molar-refractivity contribution in [3.63, 3.8) is 0 Å². The van der Waals surface area contributed by atoms with Crippen LogP contribution in [0.5, 0.6) is 0 Å². The summed E-state index contributed by atoms with van der Waals surface area (Å²) in [6.07, 6.45) is 0.674. The van der Waals surface area contributed by atoms with Crippen LogP contribution in [0.2, 0.25) is 0 Å². The van der Waals surface area contributed by atoms with Gasteiger partial charge in [-0.3, -0.25) is 4.79 Å². The largest absolute Gasteiger partial charge is 0.465 e. The predicted molar refractivity (Wildman–Crippen MR) is 65.1 cm³/mol. The first-order chi connectivity index (χ1) is 7.58. The molecule has 0 unspecified atom stereocenters. The number of ether oxygens (including phenoxy) is 1. The van der Waals surface area contributed by atoms with Gasteiger partial charge in [0.25, 0.3) is 0 Å². The monoisotopic (exact) mass is 283 g/mol. The summed E-state index contributed by atoms with van der Waals surface area (Å²) in [5.74, 6) is -0.192. The molecule has 1 fully saturated rings. The topological polar surface area (TPSA) is 52.3 Å². The van der Waals surface area contributed by atoms with Crippen molar-refractivity contribution in [3.8, 4) is 0 Å². The van der Waals surface area contributed by atoms with Gasteiger partial charge in [-0.2, -0.15) is 0 Å². The van der Waals surface area contributed by atoms with Gasteiger partial charge in [0.1, 0.15) is 5.54 Å². The second-order valence-corrected chi connectivity index (χ2v) is 4.98. The molecule has 0 heterocycles. The van der Waals surface area contributed by atoms with Crippen molar-refractivity contribution < 1.29 is 9.53 Å². The van der Waals surface area contributed by atoms with Crippen molar-refractivity contribution in [3.05, 3.63) is 34.3 Å². The second-order valence-electron chi connectivity index (χ2n) is 4.07. The van der Waals surface area contributed by atoms with Gasteiger partial charge in [0.15, 0.2) is 0 Å². The molecule has 1 aromatic rings. The summed E-state index contributed by atoms with van der Waals surface area (Å²) in [7, 11) is 0. The summed E-state index contributed by atoms with van der Waals surface area (Å²) >= 11 is 3.37. The Kier molecular flexibility index (Phi) is 3.04. The fourth-order valence-corrected chi connectivity index (χ4v) is 2.14. The van der Waals surface area contributed by atoms with Gasteiger partial charge in [0, 0.05) is 10.4 Å². The second kappa shape index (κ2) is 4.18. The van der Waals surface area contributed by atoms with E-state index in [1.54, 1.807) is 6.92 Å². The van der Waals surface area contributed by atoms with E-state index in [0.29, 0.717) is 13.0 Å². The maximum atomic E-state index is 11.6. The van der Waals surface area contributed by atoms with Crippen LogP contribution in [-0.4, -0.2) is 18.1 Å². The zero-order valence-electron chi connectivity index (χ0n) is 9.07. The molecular formula is C12H14BrNO2. The molecule has 86 valence electrons. The molecule has 4 heteroatoms. The minimum Gasteiger partial charge on any atom is -0.465 e. The molecular weight excluding hydrogens is 270 g/mol. The molecule has 2 rings (SSSR count). The molecule has 0 amide bonds. The fraction of sp³-hybridized carbons (Fsp3) is 0.417. The molecule has 2 atom stereocenters. The lowest BCUT2D eigenvalue weighted by atomic mass is 10.1. The SMILES string of the molecule is CCOC(=O)[C@]1(N)C[C@H]1c1ccc(Br)cc1. The highest BCUT2D eigenvalue weighted by Crippen LogP contribution is 2.50. The van der Waals surface area contributed by atoms with Crippen LogP contribution in [0.3, 0.4) is 0 Å². The van der Waals surface area contributed by atoms with Crippen molar-refractivity contribution in [2.45, 2.75) is 24.8 Å². The lowest BCUT2D eigenvalue weighted by Gasteiger charge is -2.10. The van der Waals surface area contributed by atoms with E-state index in [-0.39, 0.29) is 11.9 Å².